The Morgan fingerprint density at radius 2 is 2.06 bits per heavy atom. The quantitative estimate of drug-likeness (QED) is 0.755. The summed E-state index contributed by atoms with van der Waals surface area (Å²) in [6.07, 6.45) is 1.39. The van der Waals surface area contributed by atoms with Crippen LogP contribution in [0.2, 0.25) is 0 Å². The fraction of sp³-hybridized carbons (Fsp3) is 0.500. The van der Waals surface area contributed by atoms with Gasteiger partial charge in [0, 0.05) is 32.4 Å². The van der Waals surface area contributed by atoms with Gasteiger partial charge in [-0.05, 0) is 19.2 Å². The van der Waals surface area contributed by atoms with Crippen LogP contribution < -0.4 is 14.9 Å². The zero-order valence-electron chi connectivity index (χ0n) is 9.68. The monoisotopic (exact) mass is 256 g/mol. The molecule has 2 rings (SSSR count). The molecule has 0 aromatic carbocycles. The number of hydrogen-bond donors (Lipinski definition) is 2. The van der Waals surface area contributed by atoms with Gasteiger partial charge in [0.25, 0.3) is 0 Å². The van der Waals surface area contributed by atoms with Crippen molar-refractivity contribution in [3.05, 3.63) is 18.3 Å². The lowest BCUT2D eigenvalue weighted by molar-refractivity contribution is 0.582. The maximum Gasteiger partial charge on any atom is 0.241 e. The van der Waals surface area contributed by atoms with Crippen LogP contribution in [0, 0.1) is 0 Å². The van der Waals surface area contributed by atoms with E-state index >= 15 is 0 Å². The molecular weight excluding hydrogens is 240 g/mol. The molecule has 1 aromatic heterocycles. The topological polar surface area (TPSA) is 74.3 Å². The average molecular weight is 256 g/mol. The van der Waals surface area contributed by atoms with Crippen molar-refractivity contribution in [2.24, 2.45) is 0 Å². The summed E-state index contributed by atoms with van der Waals surface area (Å²) in [7, 11) is -2.00. The van der Waals surface area contributed by atoms with Crippen LogP contribution in [-0.4, -0.2) is 46.6 Å². The third-order valence-corrected chi connectivity index (χ3v) is 4.14. The largest absolute Gasteiger partial charge is 0.354 e. The number of pyridine rings is 1. The second-order valence-corrected chi connectivity index (χ2v) is 5.68. The lowest BCUT2D eigenvalue weighted by atomic mass is 10.3. The lowest BCUT2D eigenvalue weighted by Gasteiger charge is -2.28. The molecule has 1 aromatic rings. The van der Waals surface area contributed by atoms with Gasteiger partial charge in [0.05, 0.1) is 0 Å². The number of sulfonamides is 1. The Hall–Kier alpha value is -1.18. The minimum Gasteiger partial charge on any atom is -0.354 e. The van der Waals surface area contributed by atoms with Gasteiger partial charge in [-0.25, -0.2) is 18.1 Å². The molecular formula is C10H16N4O2S. The van der Waals surface area contributed by atoms with Crippen LogP contribution in [0.3, 0.4) is 0 Å². The summed E-state index contributed by atoms with van der Waals surface area (Å²) in [5.74, 6) is 0.821. The van der Waals surface area contributed by atoms with E-state index < -0.39 is 10.0 Å². The molecule has 0 atom stereocenters. The Labute approximate surface area is 101 Å². The van der Waals surface area contributed by atoms with Crippen molar-refractivity contribution in [3.8, 4) is 0 Å². The van der Waals surface area contributed by atoms with Gasteiger partial charge < -0.3 is 10.2 Å². The van der Waals surface area contributed by atoms with Gasteiger partial charge in [0.15, 0.2) is 0 Å². The Kier molecular flexibility index (Phi) is 3.60. The summed E-state index contributed by atoms with van der Waals surface area (Å²) in [5.41, 5.74) is 0. The number of hydrogen-bond acceptors (Lipinski definition) is 5. The molecule has 17 heavy (non-hydrogen) atoms. The molecule has 94 valence electrons. The summed E-state index contributed by atoms with van der Waals surface area (Å²) < 4.78 is 25.3. The van der Waals surface area contributed by atoms with Crippen molar-refractivity contribution in [3.63, 3.8) is 0 Å². The molecule has 0 spiro atoms. The van der Waals surface area contributed by atoms with Crippen molar-refractivity contribution in [2.75, 3.05) is 38.1 Å². The van der Waals surface area contributed by atoms with E-state index in [1.807, 2.05) is 0 Å². The zero-order chi connectivity index (χ0) is 12.3. The normalized spacial score (nSPS) is 17.1. The molecule has 0 radical (unpaired) electrons. The first kappa shape index (κ1) is 12.3. The fourth-order valence-corrected chi connectivity index (χ4v) is 2.40. The van der Waals surface area contributed by atoms with E-state index in [0.717, 1.165) is 32.0 Å². The van der Waals surface area contributed by atoms with E-state index in [-0.39, 0.29) is 4.90 Å². The minimum absolute atomic E-state index is 0.193. The Morgan fingerprint density at radius 1 is 1.35 bits per heavy atom. The molecule has 2 heterocycles. The van der Waals surface area contributed by atoms with E-state index in [4.69, 9.17) is 0 Å². The van der Waals surface area contributed by atoms with E-state index in [2.05, 4.69) is 19.9 Å². The highest BCUT2D eigenvalue weighted by Gasteiger charge is 2.14. The first-order valence-electron chi connectivity index (χ1n) is 5.49. The van der Waals surface area contributed by atoms with E-state index in [1.54, 1.807) is 12.1 Å². The first-order chi connectivity index (χ1) is 8.13. The average Bonchev–Trinajstić information content (AvgIpc) is 2.40. The summed E-state index contributed by atoms with van der Waals surface area (Å²) in [4.78, 5) is 6.52. The Balaban J connectivity index is 2.18. The standard InChI is InChI=1S/C10H16N4O2S/c1-11-17(15,16)9-2-3-10(13-8-9)14-6-4-12-5-7-14/h2-3,8,11-12H,4-7H2,1H3. The highest BCUT2D eigenvalue weighted by molar-refractivity contribution is 7.89. The van der Waals surface area contributed by atoms with Crippen molar-refractivity contribution >= 4 is 15.8 Å². The van der Waals surface area contributed by atoms with Gasteiger partial charge >= 0.3 is 0 Å². The molecule has 1 aliphatic rings. The highest BCUT2D eigenvalue weighted by atomic mass is 32.2. The SMILES string of the molecule is CNS(=O)(=O)c1ccc(N2CCNCC2)nc1. The van der Waals surface area contributed by atoms with Crippen LogP contribution in [0.25, 0.3) is 0 Å². The smallest absolute Gasteiger partial charge is 0.241 e. The summed E-state index contributed by atoms with van der Waals surface area (Å²) in [6.45, 7) is 3.65. The second-order valence-electron chi connectivity index (χ2n) is 3.80. The van der Waals surface area contributed by atoms with Gasteiger partial charge in [-0.3, -0.25) is 0 Å². The van der Waals surface area contributed by atoms with Crippen LogP contribution in [0.15, 0.2) is 23.2 Å². The third kappa shape index (κ3) is 2.74. The predicted molar refractivity (Wildman–Crippen MR) is 65.6 cm³/mol. The first-order valence-corrected chi connectivity index (χ1v) is 6.97. The molecule has 2 N–H and O–H groups in total. The van der Waals surface area contributed by atoms with Gasteiger partial charge in [0.1, 0.15) is 10.7 Å². The molecule has 0 unspecified atom stereocenters. The van der Waals surface area contributed by atoms with Gasteiger partial charge in [-0.15, -0.1) is 0 Å². The summed E-state index contributed by atoms with van der Waals surface area (Å²) in [6, 6.07) is 3.33. The molecule has 0 aliphatic carbocycles. The maximum absolute atomic E-state index is 11.5. The Bertz CT molecular complexity index is 466. The van der Waals surface area contributed by atoms with Crippen molar-refractivity contribution in [1.29, 1.82) is 0 Å². The van der Waals surface area contributed by atoms with Crippen LogP contribution >= 0.6 is 0 Å². The van der Waals surface area contributed by atoms with Crippen LogP contribution in [-0.2, 0) is 10.0 Å². The number of rotatable bonds is 3. The van der Waals surface area contributed by atoms with Crippen LogP contribution in [0.5, 0.6) is 0 Å². The van der Waals surface area contributed by atoms with Crippen LogP contribution in [0.4, 0.5) is 5.82 Å². The molecule has 0 bridgehead atoms. The Morgan fingerprint density at radius 3 is 2.59 bits per heavy atom. The summed E-state index contributed by atoms with van der Waals surface area (Å²) >= 11 is 0. The highest BCUT2D eigenvalue weighted by Crippen LogP contribution is 2.14. The third-order valence-electron chi connectivity index (χ3n) is 2.74. The maximum atomic E-state index is 11.5. The number of aromatic nitrogens is 1. The lowest BCUT2D eigenvalue weighted by Crippen LogP contribution is -2.43. The van der Waals surface area contributed by atoms with Gasteiger partial charge in [-0.2, -0.15) is 0 Å². The number of piperazine rings is 1. The number of nitrogens with zero attached hydrogens (tertiary/aromatic N) is 2. The molecule has 1 saturated heterocycles. The molecule has 6 nitrogen and oxygen atoms in total. The van der Waals surface area contributed by atoms with Crippen molar-refractivity contribution < 1.29 is 8.42 Å². The second kappa shape index (κ2) is 4.99. The zero-order valence-corrected chi connectivity index (χ0v) is 10.5. The summed E-state index contributed by atoms with van der Waals surface area (Å²) in [5, 5.41) is 3.25. The molecule has 1 aliphatic heterocycles. The van der Waals surface area contributed by atoms with E-state index in [1.165, 1.54) is 13.2 Å². The van der Waals surface area contributed by atoms with Crippen molar-refractivity contribution in [2.45, 2.75) is 4.90 Å². The van der Waals surface area contributed by atoms with Gasteiger partial charge in [0.2, 0.25) is 10.0 Å². The van der Waals surface area contributed by atoms with Gasteiger partial charge in [-0.1, -0.05) is 0 Å². The van der Waals surface area contributed by atoms with E-state index in [0.29, 0.717) is 0 Å². The predicted octanol–water partition coefficient (Wildman–Crippen LogP) is -0.601. The molecule has 7 heteroatoms. The number of anilines is 1. The van der Waals surface area contributed by atoms with Crippen molar-refractivity contribution in [1.82, 2.24) is 15.0 Å². The molecule has 0 saturated carbocycles. The number of nitrogens with one attached hydrogen (secondary N) is 2. The fourth-order valence-electron chi connectivity index (χ4n) is 1.73. The molecule has 0 amide bonds. The molecule has 1 fully saturated rings. The van der Waals surface area contributed by atoms with Crippen LogP contribution in [0.1, 0.15) is 0 Å². The minimum atomic E-state index is -3.39. The van der Waals surface area contributed by atoms with E-state index in [9.17, 15) is 8.42 Å².